The molecule has 0 spiro atoms. The molecular weight excluding hydrogens is 481 g/mol. The van der Waals surface area contributed by atoms with Crippen molar-refractivity contribution in [1.29, 1.82) is 0 Å². The van der Waals surface area contributed by atoms with Crippen LogP contribution in [-0.2, 0) is 6.54 Å². The van der Waals surface area contributed by atoms with Crippen molar-refractivity contribution < 1.29 is 18.7 Å². The smallest absolute Gasteiger partial charge is 0.417 e. The number of hydrogen-bond acceptors (Lipinski definition) is 4. The Labute approximate surface area is 220 Å². The monoisotopic (exact) mass is 507 g/mol. The second-order valence-electron chi connectivity index (χ2n) is 8.58. The van der Waals surface area contributed by atoms with Crippen LogP contribution >= 0.6 is 0 Å². The molecule has 0 aliphatic carbocycles. The average Bonchev–Trinajstić information content (AvgIpc) is 3.28. The predicted molar refractivity (Wildman–Crippen MR) is 146 cm³/mol. The topological polar surface area (TPSA) is 65.4 Å². The fraction of sp³-hybridized carbons (Fsp3) is 0.0968. The zero-order chi connectivity index (χ0) is 26.3. The lowest BCUT2D eigenvalue weighted by Crippen LogP contribution is -2.16. The van der Waals surface area contributed by atoms with E-state index in [0.29, 0.717) is 24.6 Å². The minimum absolute atomic E-state index is 0.254. The van der Waals surface area contributed by atoms with Crippen LogP contribution in [-0.4, -0.2) is 22.3 Å². The van der Waals surface area contributed by atoms with E-state index in [1.54, 1.807) is 24.3 Å². The zero-order valence-corrected chi connectivity index (χ0v) is 20.8. The number of ether oxygens (including phenoxy) is 2. The number of anilines is 1. The van der Waals surface area contributed by atoms with Gasteiger partial charge in [-0.1, -0.05) is 60.7 Å². The number of benzene rings is 4. The van der Waals surface area contributed by atoms with E-state index in [1.165, 1.54) is 24.3 Å². The summed E-state index contributed by atoms with van der Waals surface area (Å²) in [6.45, 7) is 3.05. The van der Waals surface area contributed by atoms with Crippen molar-refractivity contribution in [2.45, 2.75) is 13.5 Å². The Morgan fingerprint density at radius 3 is 2.08 bits per heavy atom. The van der Waals surface area contributed by atoms with Crippen molar-refractivity contribution in [1.82, 2.24) is 9.55 Å². The molecule has 6 nitrogen and oxygen atoms in total. The summed E-state index contributed by atoms with van der Waals surface area (Å²) in [5.74, 6) is 1.43. The Bertz CT molecular complexity index is 1500. The van der Waals surface area contributed by atoms with Gasteiger partial charge in [0.25, 0.3) is 0 Å². The van der Waals surface area contributed by atoms with Crippen LogP contribution in [0.4, 0.5) is 14.9 Å². The van der Waals surface area contributed by atoms with E-state index in [9.17, 15) is 9.18 Å². The molecule has 38 heavy (non-hydrogen) atoms. The molecule has 0 atom stereocenters. The summed E-state index contributed by atoms with van der Waals surface area (Å²) in [6, 6.07) is 32.7. The Hall–Kier alpha value is -4.91. The van der Waals surface area contributed by atoms with Gasteiger partial charge in [0, 0.05) is 16.8 Å². The van der Waals surface area contributed by atoms with Gasteiger partial charge in [0.05, 0.1) is 17.9 Å². The van der Waals surface area contributed by atoms with Gasteiger partial charge in [-0.25, -0.2) is 14.2 Å². The number of aryl methyl sites for hydroxylation is 1. The minimum atomic E-state index is -0.663. The maximum atomic E-state index is 13.0. The number of nitrogens with zero attached hydrogens (tertiary/aromatic N) is 2. The first-order valence-electron chi connectivity index (χ1n) is 12.2. The molecule has 5 aromatic rings. The van der Waals surface area contributed by atoms with E-state index in [-0.39, 0.29) is 5.75 Å². The quantitative estimate of drug-likeness (QED) is 0.238. The highest BCUT2D eigenvalue weighted by Crippen LogP contribution is 2.32. The molecule has 0 unspecified atom stereocenters. The summed E-state index contributed by atoms with van der Waals surface area (Å²) in [6.07, 6.45) is -0.663. The summed E-state index contributed by atoms with van der Waals surface area (Å²) in [5, 5.41) is 2.64. The van der Waals surface area contributed by atoms with E-state index in [0.717, 1.165) is 28.3 Å². The second-order valence-corrected chi connectivity index (χ2v) is 8.58. The Balaban J connectivity index is 1.24. The highest BCUT2D eigenvalue weighted by molar-refractivity contribution is 5.86. The number of carbonyl (C=O) groups excluding carboxylic acids is 1. The molecule has 0 radical (unpaired) electrons. The van der Waals surface area contributed by atoms with Crippen LogP contribution in [0.2, 0.25) is 0 Å². The minimum Gasteiger partial charge on any atom is -0.492 e. The van der Waals surface area contributed by atoms with Gasteiger partial charge in [0.2, 0.25) is 0 Å². The number of carbonyl (C=O) groups is 1. The molecule has 0 saturated heterocycles. The molecular formula is C31H26FN3O3. The summed E-state index contributed by atoms with van der Waals surface area (Å²) < 4.78 is 26.4. The number of halogens is 1. The molecule has 0 saturated carbocycles. The molecule has 0 fully saturated rings. The molecule has 0 aliphatic rings. The summed E-state index contributed by atoms with van der Waals surface area (Å²) >= 11 is 0. The fourth-order valence-corrected chi connectivity index (χ4v) is 4.17. The van der Waals surface area contributed by atoms with Gasteiger partial charge in [0.1, 0.15) is 29.7 Å². The number of aromatic nitrogens is 2. The van der Waals surface area contributed by atoms with Crippen molar-refractivity contribution in [2.24, 2.45) is 0 Å². The average molecular weight is 508 g/mol. The molecule has 0 aliphatic heterocycles. The number of nitrogens with one attached hydrogen (secondary N) is 1. The molecule has 5 rings (SSSR count). The highest BCUT2D eigenvalue weighted by Gasteiger charge is 2.18. The van der Waals surface area contributed by atoms with E-state index >= 15 is 0 Å². The molecule has 1 aromatic heterocycles. The summed E-state index contributed by atoms with van der Waals surface area (Å²) in [5.41, 5.74) is 4.70. The third-order valence-electron chi connectivity index (χ3n) is 5.96. The lowest BCUT2D eigenvalue weighted by atomic mass is 10.0. The maximum Gasteiger partial charge on any atom is 0.417 e. The van der Waals surface area contributed by atoms with Gasteiger partial charge in [-0.05, 0) is 55.5 Å². The molecule has 0 bridgehead atoms. The largest absolute Gasteiger partial charge is 0.492 e. The van der Waals surface area contributed by atoms with Crippen molar-refractivity contribution in [3.63, 3.8) is 0 Å². The first-order valence-corrected chi connectivity index (χ1v) is 12.2. The van der Waals surface area contributed by atoms with E-state index in [4.69, 9.17) is 14.5 Å². The Morgan fingerprint density at radius 1 is 0.816 bits per heavy atom. The van der Waals surface area contributed by atoms with E-state index in [2.05, 4.69) is 34.1 Å². The first kappa shape index (κ1) is 24.8. The number of hydrogen-bond donors (Lipinski definition) is 1. The second kappa shape index (κ2) is 11.4. The van der Waals surface area contributed by atoms with Gasteiger partial charge in [-0.15, -0.1) is 0 Å². The zero-order valence-electron chi connectivity index (χ0n) is 20.8. The van der Waals surface area contributed by atoms with Crippen LogP contribution < -0.4 is 14.8 Å². The van der Waals surface area contributed by atoms with Gasteiger partial charge < -0.3 is 14.0 Å². The molecule has 7 heteroatoms. The summed E-state index contributed by atoms with van der Waals surface area (Å²) in [4.78, 5) is 17.0. The third kappa shape index (κ3) is 5.90. The third-order valence-corrected chi connectivity index (χ3v) is 5.96. The van der Waals surface area contributed by atoms with Crippen molar-refractivity contribution in [2.75, 3.05) is 11.9 Å². The van der Waals surface area contributed by atoms with Gasteiger partial charge in [-0.3, -0.25) is 5.32 Å². The SMILES string of the molecule is Cc1nc(-c2ccccc2)c(-c2ccccc2)n1CCOc1ccc(NC(=O)Oc2ccc(F)cc2)cc1. The standard InChI is InChI=1S/C31H26FN3O3/c1-22-33-29(23-8-4-2-5-9-23)30(24-10-6-3-7-11-24)35(22)20-21-37-27-18-14-26(15-19-27)34-31(36)38-28-16-12-25(32)13-17-28/h2-19H,20-21H2,1H3,(H,34,36). The molecule has 1 N–H and O–H groups in total. The van der Waals surface area contributed by atoms with E-state index < -0.39 is 11.9 Å². The highest BCUT2D eigenvalue weighted by atomic mass is 19.1. The molecule has 190 valence electrons. The maximum absolute atomic E-state index is 13.0. The van der Waals surface area contributed by atoms with Gasteiger partial charge in [0.15, 0.2) is 0 Å². The lowest BCUT2D eigenvalue weighted by Gasteiger charge is -2.13. The fourth-order valence-electron chi connectivity index (χ4n) is 4.17. The van der Waals surface area contributed by atoms with Crippen molar-refractivity contribution in [3.05, 3.63) is 121 Å². The van der Waals surface area contributed by atoms with Crippen LogP contribution in [0.15, 0.2) is 109 Å². The predicted octanol–water partition coefficient (Wildman–Crippen LogP) is 7.35. The number of rotatable bonds is 8. The number of imidazole rings is 1. The van der Waals surface area contributed by atoms with Crippen LogP contribution in [0, 0.1) is 12.7 Å². The van der Waals surface area contributed by atoms with Crippen LogP contribution in [0.1, 0.15) is 5.82 Å². The first-order chi connectivity index (χ1) is 18.6. The lowest BCUT2D eigenvalue weighted by molar-refractivity contribution is 0.215. The molecule has 4 aromatic carbocycles. The van der Waals surface area contributed by atoms with Crippen LogP contribution in [0.25, 0.3) is 22.5 Å². The van der Waals surface area contributed by atoms with E-state index in [1.807, 2.05) is 43.3 Å². The van der Waals surface area contributed by atoms with Gasteiger partial charge in [-0.2, -0.15) is 0 Å². The Morgan fingerprint density at radius 2 is 1.42 bits per heavy atom. The van der Waals surface area contributed by atoms with Crippen LogP contribution in [0.5, 0.6) is 11.5 Å². The van der Waals surface area contributed by atoms with Gasteiger partial charge >= 0.3 is 6.09 Å². The summed E-state index contributed by atoms with van der Waals surface area (Å²) in [7, 11) is 0. The molecule has 1 amide bonds. The molecule has 1 heterocycles. The Kier molecular flexibility index (Phi) is 7.45. The number of amides is 1. The normalized spacial score (nSPS) is 10.7. The van der Waals surface area contributed by atoms with Crippen molar-refractivity contribution >= 4 is 11.8 Å². The van der Waals surface area contributed by atoms with Crippen molar-refractivity contribution in [3.8, 4) is 34.0 Å². The van der Waals surface area contributed by atoms with Crippen LogP contribution in [0.3, 0.4) is 0 Å².